The fourth-order valence-electron chi connectivity index (χ4n) is 2.90. The Morgan fingerprint density at radius 2 is 2.11 bits per heavy atom. The maximum atomic E-state index is 11.7. The van der Waals surface area contributed by atoms with Crippen LogP contribution < -0.4 is 5.32 Å². The van der Waals surface area contributed by atoms with Gasteiger partial charge in [0.05, 0.1) is 6.61 Å². The molecule has 1 saturated carbocycles. The van der Waals surface area contributed by atoms with E-state index in [-0.39, 0.29) is 5.91 Å². The van der Waals surface area contributed by atoms with E-state index in [0.717, 1.165) is 12.3 Å². The van der Waals surface area contributed by atoms with E-state index in [9.17, 15) is 9.90 Å². The highest BCUT2D eigenvalue weighted by Crippen LogP contribution is 2.27. The largest absolute Gasteiger partial charge is 0.386 e. The van der Waals surface area contributed by atoms with Crippen molar-refractivity contribution in [3.63, 3.8) is 0 Å². The van der Waals surface area contributed by atoms with Crippen LogP contribution in [0.15, 0.2) is 0 Å². The highest BCUT2D eigenvalue weighted by molar-refractivity contribution is 5.75. The van der Waals surface area contributed by atoms with Crippen molar-refractivity contribution in [3.05, 3.63) is 0 Å². The summed E-state index contributed by atoms with van der Waals surface area (Å²) in [5, 5.41) is 12.9. The third-order valence-corrected chi connectivity index (χ3v) is 4.20. The number of aliphatic hydroxyl groups is 1. The minimum absolute atomic E-state index is 0.0703. The Labute approximate surface area is 109 Å². The Balaban J connectivity index is 1.59. The van der Waals surface area contributed by atoms with Crippen LogP contribution in [0.5, 0.6) is 0 Å². The number of carbonyl (C=O) groups excluding carboxylic acids is 1. The standard InChI is InChI=1S/C14H25NO3/c16-13(7-6-12-4-2-1-3-5-12)15-10-14(17)8-9-18-11-14/h12,17H,1-11H2,(H,15,16). The molecule has 1 amide bonds. The van der Waals surface area contributed by atoms with Crippen LogP contribution in [-0.2, 0) is 9.53 Å². The van der Waals surface area contributed by atoms with Gasteiger partial charge in [0, 0.05) is 26.0 Å². The second kappa shape index (κ2) is 6.53. The van der Waals surface area contributed by atoms with E-state index in [1.165, 1.54) is 32.1 Å². The minimum atomic E-state index is -0.833. The molecule has 1 saturated heterocycles. The van der Waals surface area contributed by atoms with E-state index in [0.29, 0.717) is 32.6 Å². The average Bonchev–Trinajstić information content (AvgIpc) is 2.83. The lowest BCUT2D eigenvalue weighted by molar-refractivity contribution is -0.122. The SMILES string of the molecule is O=C(CCC1CCCCC1)NCC1(O)CCOC1. The van der Waals surface area contributed by atoms with Gasteiger partial charge in [0.2, 0.25) is 5.91 Å². The highest BCUT2D eigenvalue weighted by atomic mass is 16.5. The summed E-state index contributed by atoms with van der Waals surface area (Å²) in [5.74, 6) is 0.809. The molecule has 1 unspecified atom stereocenters. The number of amides is 1. The molecule has 4 heteroatoms. The molecule has 0 aromatic heterocycles. The summed E-state index contributed by atoms with van der Waals surface area (Å²) < 4.78 is 5.15. The maximum Gasteiger partial charge on any atom is 0.220 e. The summed E-state index contributed by atoms with van der Waals surface area (Å²) in [6.07, 6.45) is 8.79. The highest BCUT2D eigenvalue weighted by Gasteiger charge is 2.32. The zero-order valence-corrected chi connectivity index (χ0v) is 11.1. The molecule has 1 aliphatic carbocycles. The van der Waals surface area contributed by atoms with Gasteiger partial charge in [-0.25, -0.2) is 0 Å². The molecule has 0 spiro atoms. The van der Waals surface area contributed by atoms with Crippen molar-refractivity contribution in [2.45, 2.75) is 57.0 Å². The van der Waals surface area contributed by atoms with E-state index in [1.807, 2.05) is 0 Å². The van der Waals surface area contributed by atoms with Crippen LogP contribution in [0.25, 0.3) is 0 Å². The van der Waals surface area contributed by atoms with E-state index in [2.05, 4.69) is 5.32 Å². The molecule has 2 rings (SSSR count). The monoisotopic (exact) mass is 255 g/mol. The summed E-state index contributed by atoms with van der Waals surface area (Å²) >= 11 is 0. The molecule has 2 N–H and O–H groups in total. The number of nitrogens with one attached hydrogen (secondary N) is 1. The van der Waals surface area contributed by atoms with Gasteiger partial charge in [-0.1, -0.05) is 32.1 Å². The first-order valence-electron chi connectivity index (χ1n) is 7.25. The van der Waals surface area contributed by atoms with Gasteiger partial charge in [-0.3, -0.25) is 4.79 Å². The number of carbonyl (C=O) groups is 1. The maximum absolute atomic E-state index is 11.7. The lowest BCUT2D eigenvalue weighted by atomic mass is 9.86. The first kappa shape index (κ1) is 13.8. The molecular weight excluding hydrogens is 230 g/mol. The molecule has 104 valence electrons. The van der Waals surface area contributed by atoms with Gasteiger partial charge in [-0.2, -0.15) is 0 Å². The second-order valence-electron chi connectivity index (χ2n) is 5.85. The van der Waals surface area contributed by atoms with Gasteiger partial charge in [0.1, 0.15) is 5.60 Å². The van der Waals surface area contributed by atoms with Gasteiger partial charge < -0.3 is 15.2 Å². The molecule has 2 fully saturated rings. The smallest absolute Gasteiger partial charge is 0.220 e. The predicted molar refractivity (Wildman–Crippen MR) is 69.2 cm³/mol. The van der Waals surface area contributed by atoms with Crippen molar-refractivity contribution in [1.82, 2.24) is 5.32 Å². The first-order valence-corrected chi connectivity index (χ1v) is 7.25. The molecule has 4 nitrogen and oxygen atoms in total. The summed E-state index contributed by atoms with van der Waals surface area (Å²) in [6, 6.07) is 0. The van der Waals surface area contributed by atoms with E-state index in [4.69, 9.17) is 4.74 Å². The molecule has 1 heterocycles. The van der Waals surface area contributed by atoms with Crippen molar-refractivity contribution in [2.24, 2.45) is 5.92 Å². The fourth-order valence-corrected chi connectivity index (χ4v) is 2.90. The lowest BCUT2D eigenvalue weighted by Gasteiger charge is -2.22. The van der Waals surface area contributed by atoms with Gasteiger partial charge in [0.15, 0.2) is 0 Å². The third-order valence-electron chi connectivity index (χ3n) is 4.20. The van der Waals surface area contributed by atoms with Crippen LogP contribution in [0.4, 0.5) is 0 Å². The van der Waals surface area contributed by atoms with Gasteiger partial charge in [-0.15, -0.1) is 0 Å². The number of rotatable bonds is 5. The van der Waals surface area contributed by atoms with Crippen LogP contribution in [0.3, 0.4) is 0 Å². The van der Waals surface area contributed by atoms with E-state index in [1.54, 1.807) is 0 Å². The van der Waals surface area contributed by atoms with Gasteiger partial charge >= 0.3 is 0 Å². The van der Waals surface area contributed by atoms with Crippen LogP contribution in [0.1, 0.15) is 51.4 Å². The minimum Gasteiger partial charge on any atom is -0.386 e. The van der Waals surface area contributed by atoms with Gasteiger partial charge in [0.25, 0.3) is 0 Å². The number of hydrogen-bond acceptors (Lipinski definition) is 3. The Kier molecular flexibility index (Phi) is 5.01. The van der Waals surface area contributed by atoms with Crippen LogP contribution in [-0.4, -0.2) is 36.4 Å². The van der Waals surface area contributed by atoms with Crippen LogP contribution in [0, 0.1) is 5.92 Å². The van der Waals surface area contributed by atoms with Gasteiger partial charge in [-0.05, 0) is 12.3 Å². The summed E-state index contributed by atoms with van der Waals surface area (Å²) in [6.45, 7) is 1.26. The van der Waals surface area contributed by atoms with E-state index < -0.39 is 5.60 Å². The Morgan fingerprint density at radius 3 is 2.78 bits per heavy atom. The summed E-state index contributed by atoms with van der Waals surface area (Å²) in [4.78, 5) is 11.7. The Morgan fingerprint density at radius 1 is 1.33 bits per heavy atom. The molecule has 1 aliphatic heterocycles. The zero-order chi connectivity index (χ0) is 12.8. The molecule has 2 aliphatic rings. The molecule has 0 bridgehead atoms. The Bertz CT molecular complexity index is 268. The molecular formula is C14H25NO3. The molecule has 0 aromatic carbocycles. The van der Waals surface area contributed by atoms with Crippen LogP contribution in [0.2, 0.25) is 0 Å². The van der Waals surface area contributed by atoms with Crippen molar-refractivity contribution in [1.29, 1.82) is 0 Å². The Hall–Kier alpha value is -0.610. The summed E-state index contributed by atoms with van der Waals surface area (Å²) in [7, 11) is 0. The normalized spacial score (nSPS) is 29.4. The average molecular weight is 255 g/mol. The zero-order valence-electron chi connectivity index (χ0n) is 11.1. The van der Waals surface area contributed by atoms with Crippen molar-refractivity contribution < 1.29 is 14.6 Å². The number of hydrogen-bond donors (Lipinski definition) is 2. The second-order valence-corrected chi connectivity index (χ2v) is 5.85. The topological polar surface area (TPSA) is 58.6 Å². The molecule has 0 radical (unpaired) electrons. The summed E-state index contributed by atoms with van der Waals surface area (Å²) in [5.41, 5.74) is -0.833. The first-order chi connectivity index (χ1) is 8.68. The lowest BCUT2D eigenvalue weighted by Crippen LogP contribution is -2.43. The van der Waals surface area contributed by atoms with Crippen molar-refractivity contribution in [3.8, 4) is 0 Å². The molecule has 18 heavy (non-hydrogen) atoms. The molecule has 1 atom stereocenters. The fraction of sp³-hybridized carbons (Fsp3) is 0.929. The predicted octanol–water partition coefficient (Wildman–Crippen LogP) is 1.61. The number of ether oxygens (including phenoxy) is 1. The third kappa shape index (κ3) is 4.25. The van der Waals surface area contributed by atoms with Crippen molar-refractivity contribution in [2.75, 3.05) is 19.8 Å². The quantitative estimate of drug-likeness (QED) is 0.784. The molecule has 0 aromatic rings. The van der Waals surface area contributed by atoms with Crippen molar-refractivity contribution >= 4 is 5.91 Å². The van der Waals surface area contributed by atoms with Crippen LogP contribution >= 0.6 is 0 Å². The van der Waals surface area contributed by atoms with E-state index >= 15 is 0 Å².